The Balaban J connectivity index is 1.45. The van der Waals surface area contributed by atoms with Gasteiger partial charge in [0.2, 0.25) is 0 Å². The minimum atomic E-state index is -4.65. The molecule has 3 aromatic heterocycles. The molecule has 2 amide bonds. The summed E-state index contributed by atoms with van der Waals surface area (Å²) in [7, 11) is 1.18. The third kappa shape index (κ3) is 4.27. The van der Waals surface area contributed by atoms with Gasteiger partial charge in [0, 0.05) is 25.2 Å². The minimum Gasteiger partial charge on any atom is -0.364 e. The van der Waals surface area contributed by atoms with Crippen LogP contribution in [-0.2, 0) is 6.18 Å². The molecule has 1 saturated heterocycles. The quantitative estimate of drug-likeness (QED) is 0.588. The number of carbonyl (C=O) groups is 1. The molecule has 3 aromatic rings. The van der Waals surface area contributed by atoms with E-state index < -0.39 is 36.3 Å². The summed E-state index contributed by atoms with van der Waals surface area (Å²) in [5.41, 5.74) is -0.258. The Labute approximate surface area is 178 Å². The molecule has 1 fully saturated rings. The number of pyridine rings is 2. The molecule has 0 spiro atoms. The number of nitrogens with zero attached hydrogens (tertiary/aromatic N) is 5. The second-order valence-corrected chi connectivity index (χ2v) is 7.49. The maximum Gasteiger partial charge on any atom is 0.417 e. The molecule has 0 aliphatic carbocycles. The number of aromatic amines is 1. The first-order chi connectivity index (χ1) is 15.0. The molecule has 32 heavy (non-hydrogen) atoms. The van der Waals surface area contributed by atoms with Crippen LogP contribution in [0.25, 0.3) is 11.0 Å². The Kier molecular flexibility index (Phi) is 5.34. The smallest absolute Gasteiger partial charge is 0.364 e. The number of piperidine rings is 1. The van der Waals surface area contributed by atoms with E-state index in [2.05, 4.69) is 25.5 Å². The van der Waals surface area contributed by atoms with Crippen LogP contribution in [0, 0.1) is 0 Å². The fourth-order valence-electron chi connectivity index (χ4n) is 3.64. The standard InChI is InChI=1S/C19H18F5N7O/c1-30(17(32)28-13-5-12(7-25-8-13)19(22,23)24)15-2-3-31(10-18(15,20)21)14-4-11-6-27-29-16(11)26-9-14/h4-9,15H,2-3,10H2,1H3,(H,28,32)(H,26,27,29)/t15-/m0/s1. The highest BCUT2D eigenvalue weighted by molar-refractivity contribution is 5.89. The molecule has 8 nitrogen and oxygen atoms in total. The zero-order chi connectivity index (χ0) is 23.1. The van der Waals surface area contributed by atoms with Gasteiger partial charge in [-0.05, 0) is 18.6 Å². The Morgan fingerprint density at radius 1 is 1.25 bits per heavy atom. The maximum atomic E-state index is 15.0. The van der Waals surface area contributed by atoms with Crippen molar-refractivity contribution in [3.63, 3.8) is 0 Å². The van der Waals surface area contributed by atoms with Crippen LogP contribution >= 0.6 is 0 Å². The lowest BCUT2D eigenvalue weighted by Gasteiger charge is -2.42. The molecule has 0 saturated carbocycles. The van der Waals surface area contributed by atoms with Gasteiger partial charge >= 0.3 is 12.2 Å². The maximum absolute atomic E-state index is 15.0. The van der Waals surface area contributed by atoms with Crippen molar-refractivity contribution in [1.82, 2.24) is 25.1 Å². The average molecular weight is 455 g/mol. The summed E-state index contributed by atoms with van der Waals surface area (Å²) < 4.78 is 68.4. The Morgan fingerprint density at radius 2 is 2.03 bits per heavy atom. The lowest BCUT2D eigenvalue weighted by molar-refractivity contribution is -0.137. The van der Waals surface area contributed by atoms with Gasteiger partial charge in [-0.2, -0.15) is 18.3 Å². The lowest BCUT2D eigenvalue weighted by atomic mass is 9.99. The Morgan fingerprint density at radius 3 is 2.75 bits per heavy atom. The zero-order valence-electron chi connectivity index (χ0n) is 16.7. The van der Waals surface area contributed by atoms with Crippen LogP contribution in [0.2, 0.25) is 0 Å². The molecule has 0 unspecified atom stereocenters. The van der Waals surface area contributed by atoms with Crippen LogP contribution in [0.1, 0.15) is 12.0 Å². The van der Waals surface area contributed by atoms with Gasteiger partial charge in [0.1, 0.15) is 6.04 Å². The molecule has 0 bridgehead atoms. The second-order valence-electron chi connectivity index (χ2n) is 7.49. The van der Waals surface area contributed by atoms with Gasteiger partial charge < -0.3 is 15.1 Å². The molecular formula is C19H18F5N7O. The first-order valence-corrected chi connectivity index (χ1v) is 9.52. The van der Waals surface area contributed by atoms with Crippen molar-refractivity contribution in [2.75, 3.05) is 30.4 Å². The van der Waals surface area contributed by atoms with E-state index in [4.69, 9.17) is 0 Å². The number of halogens is 5. The van der Waals surface area contributed by atoms with Gasteiger partial charge in [0.05, 0.1) is 42.1 Å². The molecular weight excluding hydrogens is 437 g/mol. The monoisotopic (exact) mass is 455 g/mol. The summed E-state index contributed by atoms with van der Waals surface area (Å²) in [6, 6.07) is -0.00787. The predicted molar refractivity (Wildman–Crippen MR) is 105 cm³/mol. The van der Waals surface area contributed by atoms with Crippen molar-refractivity contribution in [3.8, 4) is 0 Å². The van der Waals surface area contributed by atoms with Crippen molar-refractivity contribution < 1.29 is 26.7 Å². The van der Waals surface area contributed by atoms with Crippen LogP contribution in [0.4, 0.5) is 38.1 Å². The molecule has 4 rings (SSSR count). The van der Waals surface area contributed by atoms with E-state index in [0.29, 0.717) is 29.0 Å². The Bertz CT molecular complexity index is 1130. The van der Waals surface area contributed by atoms with E-state index in [0.717, 1.165) is 11.1 Å². The van der Waals surface area contributed by atoms with Crippen molar-refractivity contribution >= 4 is 28.4 Å². The topological polar surface area (TPSA) is 90.0 Å². The van der Waals surface area contributed by atoms with Crippen LogP contribution in [0.5, 0.6) is 0 Å². The van der Waals surface area contributed by atoms with E-state index in [-0.39, 0.29) is 18.7 Å². The summed E-state index contributed by atoms with van der Waals surface area (Å²) in [6.45, 7) is -0.417. The number of hydrogen-bond donors (Lipinski definition) is 2. The first kappa shape index (κ1) is 21.7. The number of alkyl halides is 5. The van der Waals surface area contributed by atoms with Crippen molar-refractivity contribution in [2.24, 2.45) is 0 Å². The molecule has 1 aliphatic rings. The zero-order valence-corrected chi connectivity index (χ0v) is 16.7. The number of H-pyrrole nitrogens is 1. The van der Waals surface area contributed by atoms with Gasteiger partial charge in [0.15, 0.2) is 5.65 Å². The minimum absolute atomic E-state index is 0.0544. The van der Waals surface area contributed by atoms with Gasteiger partial charge in [0.25, 0.3) is 5.92 Å². The predicted octanol–water partition coefficient (Wildman–Crippen LogP) is 3.75. The summed E-state index contributed by atoms with van der Waals surface area (Å²) in [4.78, 5) is 22.4. The fraction of sp³-hybridized carbons (Fsp3) is 0.368. The first-order valence-electron chi connectivity index (χ1n) is 9.52. The molecule has 170 valence electrons. The largest absolute Gasteiger partial charge is 0.417 e. The summed E-state index contributed by atoms with van der Waals surface area (Å²) in [5, 5.41) is 9.42. The highest BCUT2D eigenvalue weighted by Gasteiger charge is 2.48. The van der Waals surface area contributed by atoms with Crippen molar-refractivity contribution in [3.05, 3.63) is 42.5 Å². The average Bonchev–Trinajstić information content (AvgIpc) is 3.20. The number of nitrogens with one attached hydrogen (secondary N) is 2. The van der Waals surface area contributed by atoms with Crippen molar-refractivity contribution in [1.29, 1.82) is 0 Å². The van der Waals surface area contributed by atoms with Gasteiger partial charge in [-0.1, -0.05) is 0 Å². The second kappa shape index (κ2) is 7.88. The van der Waals surface area contributed by atoms with E-state index in [1.54, 1.807) is 6.07 Å². The Hall–Kier alpha value is -3.51. The number of rotatable bonds is 3. The molecule has 2 N–H and O–H groups in total. The molecule has 0 aromatic carbocycles. The fourth-order valence-corrected chi connectivity index (χ4v) is 3.64. The molecule has 0 radical (unpaired) electrons. The van der Waals surface area contributed by atoms with Crippen LogP contribution in [-0.4, -0.2) is 63.2 Å². The van der Waals surface area contributed by atoms with Crippen LogP contribution < -0.4 is 10.2 Å². The highest BCUT2D eigenvalue weighted by Crippen LogP contribution is 2.34. The molecule has 1 atom stereocenters. The number of carbonyl (C=O) groups excluding carboxylic acids is 1. The number of fused-ring (bicyclic) bond motifs is 1. The number of aromatic nitrogens is 4. The molecule has 4 heterocycles. The van der Waals surface area contributed by atoms with E-state index >= 15 is 0 Å². The van der Waals surface area contributed by atoms with Crippen LogP contribution in [0.15, 0.2) is 36.9 Å². The van der Waals surface area contributed by atoms with Gasteiger partial charge in [-0.15, -0.1) is 0 Å². The lowest BCUT2D eigenvalue weighted by Crippen LogP contribution is -2.59. The van der Waals surface area contributed by atoms with E-state index in [1.807, 2.05) is 0 Å². The number of amides is 2. The highest BCUT2D eigenvalue weighted by atomic mass is 19.4. The summed E-state index contributed by atoms with van der Waals surface area (Å²) in [6.07, 6.45) is -0.0692. The number of hydrogen-bond acceptors (Lipinski definition) is 5. The third-order valence-electron chi connectivity index (χ3n) is 5.31. The summed E-state index contributed by atoms with van der Waals surface area (Å²) in [5.74, 6) is -3.28. The van der Waals surface area contributed by atoms with Crippen LogP contribution in [0.3, 0.4) is 0 Å². The molecule has 13 heteroatoms. The normalized spacial score (nSPS) is 18.6. The van der Waals surface area contributed by atoms with Crippen molar-refractivity contribution in [2.45, 2.75) is 24.6 Å². The van der Waals surface area contributed by atoms with E-state index in [1.165, 1.54) is 24.3 Å². The summed E-state index contributed by atoms with van der Waals surface area (Å²) >= 11 is 0. The molecule has 1 aliphatic heterocycles. The number of anilines is 2. The SMILES string of the molecule is CN(C(=O)Nc1cncc(C(F)(F)F)c1)[C@H]1CCN(c2cnc3[nH]ncc3c2)CC1(F)F. The van der Waals surface area contributed by atoms with E-state index in [9.17, 15) is 26.7 Å². The number of urea groups is 1. The third-order valence-corrected chi connectivity index (χ3v) is 5.31. The van der Waals surface area contributed by atoms with Gasteiger partial charge in [-0.3, -0.25) is 10.1 Å². The van der Waals surface area contributed by atoms with Gasteiger partial charge in [-0.25, -0.2) is 18.6 Å².